The van der Waals surface area contributed by atoms with Gasteiger partial charge in [-0.2, -0.15) is 0 Å². The lowest BCUT2D eigenvalue weighted by atomic mass is 10.2. The maximum Gasteiger partial charge on any atom is 0.292 e. The predicted molar refractivity (Wildman–Crippen MR) is 122 cm³/mol. The van der Waals surface area contributed by atoms with E-state index in [0.29, 0.717) is 9.23 Å². The van der Waals surface area contributed by atoms with Gasteiger partial charge in [-0.15, -0.1) is 0 Å². The number of allylic oxidation sites excluding steroid dienone is 2. The second-order valence-corrected chi connectivity index (χ2v) is 7.87. The number of para-hydroxylation sites is 2. The standard InChI is InChI=1S/C21H17N3O4S2/c25-19(22-16-10-4-5-11-17(16)24(27)28)13-14-23-20(26)18(30-21(23)29)12-6-9-15-7-2-1-3-8-15/h1-12H,13-14H2,(H,22,25)/b9-6+,18-12-. The number of nitrogens with one attached hydrogen (secondary N) is 1. The second-order valence-electron chi connectivity index (χ2n) is 6.20. The topological polar surface area (TPSA) is 92.6 Å². The maximum absolute atomic E-state index is 12.6. The zero-order valence-electron chi connectivity index (χ0n) is 15.7. The van der Waals surface area contributed by atoms with Crippen molar-refractivity contribution in [1.29, 1.82) is 0 Å². The Morgan fingerprint density at radius 2 is 1.87 bits per heavy atom. The number of thioether (sulfide) groups is 1. The lowest BCUT2D eigenvalue weighted by Crippen LogP contribution is -2.31. The summed E-state index contributed by atoms with van der Waals surface area (Å²) in [5.41, 5.74) is 0.935. The number of nitro benzene ring substituents is 1. The van der Waals surface area contributed by atoms with Crippen LogP contribution in [0.15, 0.2) is 71.7 Å². The van der Waals surface area contributed by atoms with Gasteiger partial charge in [0.15, 0.2) is 0 Å². The molecule has 1 aliphatic heterocycles. The summed E-state index contributed by atoms with van der Waals surface area (Å²) >= 11 is 6.43. The van der Waals surface area contributed by atoms with Gasteiger partial charge in [-0.05, 0) is 17.7 Å². The molecule has 1 fully saturated rings. The largest absolute Gasteiger partial charge is 0.320 e. The molecule has 1 N–H and O–H groups in total. The van der Waals surface area contributed by atoms with Crippen LogP contribution in [0.5, 0.6) is 0 Å². The Balaban J connectivity index is 1.58. The van der Waals surface area contributed by atoms with E-state index in [2.05, 4.69) is 5.32 Å². The van der Waals surface area contributed by atoms with E-state index in [1.165, 1.54) is 34.9 Å². The minimum absolute atomic E-state index is 0.0361. The summed E-state index contributed by atoms with van der Waals surface area (Å²) in [4.78, 5) is 37.1. The lowest BCUT2D eigenvalue weighted by Gasteiger charge is -2.14. The van der Waals surface area contributed by atoms with E-state index in [0.717, 1.165) is 5.56 Å². The van der Waals surface area contributed by atoms with E-state index in [1.54, 1.807) is 18.2 Å². The molecule has 0 aromatic heterocycles. The Labute approximate surface area is 182 Å². The molecule has 1 aliphatic rings. The number of thiocarbonyl (C=S) groups is 1. The summed E-state index contributed by atoms with van der Waals surface area (Å²) in [5.74, 6) is -0.701. The molecule has 152 valence electrons. The molecule has 0 spiro atoms. The van der Waals surface area contributed by atoms with Crippen molar-refractivity contribution in [2.45, 2.75) is 6.42 Å². The average Bonchev–Trinajstić information content (AvgIpc) is 3.00. The molecule has 1 saturated heterocycles. The molecule has 0 unspecified atom stereocenters. The number of nitro groups is 1. The Morgan fingerprint density at radius 3 is 2.60 bits per heavy atom. The van der Waals surface area contributed by atoms with Crippen molar-refractivity contribution in [1.82, 2.24) is 4.90 Å². The van der Waals surface area contributed by atoms with Gasteiger partial charge in [-0.25, -0.2) is 0 Å². The average molecular weight is 440 g/mol. The molecule has 30 heavy (non-hydrogen) atoms. The van der Waals surface area contributed by atoms with Crippen LogP contribution in [0.2, 0.25) is 0 Å². The highest BCUT2D eigenvalue weighted by Gasteiger charge is 2.31. The van der Waals surface area contributed by atoms with Crippen LogP contribution < -0.4 is 5.32 Å². The fourth-order valence-electron chi connectivity index (χ4n) is 2.68. The van der Waals surface area contributed by atoms with Gasteiger partial charge in [-0.1, -0.05) is 78.6 Å². The first-order valence-electron chi connectivity index (χ1n) is 8.96. The Morgan fingerprint density at radius 1 is 1.17 bits per heavy atom. The lowest BCUT2D eigenvalue weighted by molar-refractivity contribution is -0.383. The van der Waals surface area contributed by atoms with Crippen LogP contribution in [-0.2, 0) is 9.59 Å². The maximum atomic E-state index is 12.6. The van der Waals surface area contributed by atoms with Crippen molar-refractivity contribution >= 4 is 57.6 Å². The Bertz CT molecular complexity index is 1050. The molecule has 9 heteroatoms. The number of rotatable bonds is 7. The summed E-state index contributed by atoms with van der Waals surface area (Å²) in [5, 5.41) is 13.6. The zero-order valence-corrected chi connectivity index (χ0v) is 17.3. The number of benzene rings is 2. The van der Waals surface area contributed by atoms with E-state index >= 15 is 0 Å². The summed E-state index contributed by atoms with van der Waals surface area (Å²) in [6.07, 6.45) is 5.32. The number of carbonyl (C=O) groups is 2. The molecular formula is C21H17N3O4S2. The summed E-state index contributed by atoms with van der Waals surface area (Å²) in [6, 6.07) is 15.6. The van der Waals surface area contributed by atoms with Crippen molar-refractivity contribution in [2.24, 2.45) is 0 Å². The summed E-state index contributed by atoms with van der Waals surface area (Å²) in [7, 11) is 0. The van der Waals surface area contributed by atoms with Crippen LogP contribution in [0.1, 0.15) is 12.0 Å². The molecule has 7 nitrogen and oxygen atoms in total. The molecule has 0 radical (unpaired) electrons. The van der Waals surface area contributed by atoms with Crippen LogP contribution in [0.3, 0.4) is 0 Å². The van der Waals surface area contributed by atoms with Gasteiger partial charge in [0.25, 0.3) is 11.6 Å². The number of hydrogen-bond acceptors (Lipinski definition) is 6. The number of carbonyl (C=O) groups excluding carboxylic acids is 2. The van der Waals surface area contributed by atoms with Gasteiger partial charge in [-0.3, -0.25) is 24.6 Å². The highest BCUT2D eigenvalue weighted by molar-refractivity contribution is 8.26. The second kappa shape index (κ2) is 9.95. The van der Waals surface area contributed by atoms with Gasteiger partial charge in [0.1, 0.15) is 10.0 Å². The van der Waals surface area contributed by atoms with Gasteiger partial charge >= 0.3 is 0 Å². The van der Waals surface area contributed by atoms with E-state index in [1.807, 2.05) is 36.4 Å². The third-order valence-corrected chi connectivity index (χ3v) is 5.54. The van der Waals surface area contributed by atoms with E-state index in [4.69, 9.17) is 12.2 Å². The van der Waals surface area contributed by atoms with E-state index in [9.17, 15) is 19.7 Å². The van der Waals surface area contributed by atoms with Gasteiger partial charge < -0.3 is 5.32 Å². The van der Waals surface area contributed by atoms with Crippen molar-refractivity contribution in [3.8, 4) is 0 Å². The molecule has 2 aromatic carbocycles. The fourth-order valence-corrected chi connectivity index (χ4v) is 3.94. The van der Waals surface area contributed by atoms with Crippen LogP contribution in [0, 0.1) is 10.1 Å². The predicted octanol–water partition coefficient (Wildman–Crippen LogP) is 4.38. The number of hydrogen-bond donors (Lipinski definition) is 1. The van der Waals surface area contributed by atoms with Crippen LogP contribution in [0.25, 0.3) is 6.08 Å². The van der Waals surface area contributed by atoms with Gasteiger partial charge in [0, 0.05) is 19.0 Å². The van der Waals surface area contributed by atoms with Crippen molar-refractivity contribution in [2.75, 3.05) is 11.9 Å². The van der Waals surface area contributed by atoms with Crippen LogP contribution >= 0.6 is 24.0 Å². The molecule has 2 amide bonds. The highest BCUT2D eigenvalue weighted by Crippen LogP contribution is 2.31. The molecule has 1 heterocycles. The van der Waals surface area contributed by atoms with E-state index < -0.39 is 10.8 Å². The minimum Gasteiger partial charge on any atom is -0.320 e. The fraction of sp³-hybridized carbons (Fsp3) is 0.0952. The SMILES string of the molecule is O=C(CCN1C(=O)/C(=C/C=C/c2ccccc2)SC1=S)Nc1ccccc1[N+](=O)[O-]. The third kappa shape index (κ3) is 5.40. The molecule has 2 aromatic rings. The Hall–Kier alpha value is -3.30. The van der Waals surface area contributed by atoms with E-state index in [-0.39, 0.29) is 30.2 Å². The normalized spacial score (nSPS) is 15.2. The first kappa shape index (κ1) is 21.4. The van der Waals surface area contributed by atoms with Crippen molar-refractivity contribution in [3.05, 3.63) is 87.3 Å². The minimum atomic E-state index is -0.564. The molecule has 0 saturated carbocycles. The zero-order chi connectivity index (χ0) is 21.5. The smallest absolute Gasteiger partial charge is 0.292 e. The number of nitrogens with zero attached hydrogens (tertiary/aromatic N) is 2. The molecule has 3 rings (SSSR count). The summed E-state index contributed by atoms with van der Waals surface area (Å²) in [6.45, 7) is 0.0941. The van der Waals surface area contributed by atoms with Gasteiger partial charge in [0.2, 0.25) is 5.91 Å². The number of anilines is 1. The summed E-state index contributed by atoms with van der Waals surface area (Å²) < 4.78 is 0.373. The van der Waals surface area contributed by atoms with Gasteiger partial charge in [0.05, 0.1) is 9.83 Å². The Kier molecular flexibility index (Phi) is 7.10. The van der Waals surface area contributed by atoms with Crippen LogP contribution in [0.4, 0.5) is 11.4 Å². The molecular weight excluding hydrogens is 422 g/mol. The highest BCUT2D eigenvalue weighted by atomic mass is 32.2. The monoisotopic (exact) mass is 439 g/mol. The first-order chi connectivity index (χ1) is 14.5. The molecule has 0 aliphatic carbocycles. The molecule has 0 bridgehead atoms. The van der Waals surface area contributed by atoms with Crippen molar-refractivity contribution in [3.63, 3.8) is 0 Å². The molecule has 0 atom stereocenters. The van der Waals surface area contributed by atoms with Crippen LogP contribution in [-0.4, -0.2) is 32.5 Å². The first-order valence-corrected chi connectivity index (χ1v) is 10.2. The third-order valence-electron chi connectivity index (χ3n) is 4.15. The quantitative estimate of drug-likeness (QED) is 0.298. The number of amides is 2. The van der Waals surface area contributed by atoms with Crippen molar-refractivity contribution < 1.29 is 14.5 Å².